The number of benzene rings is 1. The van der Waals surface area contributed by atoms with Gasteiger partial charge in [-0.3, -0.25) is 9.36 Å². The molecule has 1 heterocycles. The minimum Gasteiger partial charge on any atom is -0.465 e. The first kappa shape index (κ1) is 17.2. The van der Waals surface area contributed by atoms with Crippen LogP contribution in [0.5, 0.6) is 0 Å². The lowest BCUT2D eigenvalue weighted by Crippen LogP contribution is -2.29. The highest BCUT2D eigenvalue weighted by molar-refractivity contribution is 6.30. The van der Waals surface area contributed by atoms with E-state index >= 15 is 0 Å². The molecule has 0 spiro atoms. The minimum atomic E-state index is -0.506. The third kappa shape index (κ3) is 4.20. The van der Waals surface area contributed by atoms with Gasteiger partial charge < -0.3 is 9.47 Å². The summed E-state index contributed by atoms with van der Waals surface area (Å²) in [7, 11) is 1.55. The van der Waals surface area contributed by atoms with E-state index in [1.807, 2.05) is 0 Å². The van der Waals surface area contributed by atoms with E-state index in [0.29, 0.717) is 24.0 Å². The molecule has 0 unspecified atom stereocenters. The summed E-state index contributed by atoms with van der Waals surface area (Å²) < 4.78 is 12.5. The molecule has 0 fully saturated rings. The van der Waals surface area contributed by atoms with E-state index in [4.69, 9.17) is 21.1 Å². The Balaban J connectivity index is 2.40. The fourth-order valence-electron chi connectivity index (χ4n) is 2.07. The van der Waals surface area contributed by atoms with Crippen LogP contribution in [0.4, 0.5) is 0 Å². The van der Waals surface area contributed by atoms with Crippen LogP contribution in [0.15, 0.2) is 29.1 Å². The van der Waals surface area contributed by atoms with Gasteiger partial charge in [0.05, 0.1) is 19.8 Å². The molecule has 0 aliphatic rings. The molecule has 124 valence electrons. The van der Waals surface area contributed by atoms with Crippen molar-refractivity contribution >= 4 is 17.6 Å². The number of carbonyl (C=O) groups excluding carboxylic acids is 1. The van der Waals surface area contributed by atoms with Crippen molar-refractivity contribution in [1.29, 1.82) is 0 Å². The summed E-state index contributed by atoms with van der Waals surface area (Å²) in [6, 6.07) is 6.96. The second-order valence-electron chi connectivity index (χ2n) is 4.72. The number of ether oxygens (including phenoxy) is 2. The maximum atomic E-state index is 12.4. The molecule has 1 aromatic carbocycles. The lowest BCUT2D eigenvalue weighted by atomic mass is 10.2. The fourth-order valence-corrected chi connectivity index (χ4v) is 2.20. The van der Waals surface area contributed by atoms with Gasteiger partial charge in [-0.2, -0.15) is 0 Å². The molecule has 7 nitrogen and oxygen atoms in total. The smallest absolute Gasteiger partial charge is 0.346 e. The maximum absolute atomic E-state index is 12.4. The van der Waals surface area contributed by atoms with Gasteiger partial charge in [0.15, 0.2) is 5.82 Å². The number of rotatable bonds is 7. The van der Waals surface area contributed by atoms with Gasteiger partial charge in [-0.15, -0.1) is 5.10 Å². The number of hydrogen-bond donors (Lipinski definition) is 0. The van der Waals surface area contributed by atoms with Crippen LogP contribution in [0.3, 0.4) is 0 Å². The van der Waals surface area contributed by atoms with Crippen molar-refractivity contribution in [1.82, 2.24) is 14.3 Å². The van der Waals surface area contributed by atoms with Crippen LogP contribution in [0.25, 0.3) is 11.4 Å². The van der Waals surface area contributed by atoms with Gasteiger partial charge in [0.2, 0.25) is 0 Å². The average molecular weight is 340 g/mol. The van der Waals surface area contributed by atoms with Crippen LogP contribution in [0, 0.1) is 0 Å². The standard InChI is InChI=1S/C15H18ClN3O4/c1-3-23-13(20)10-19-15(21)18(8-9-22-2)14(17-19)11-4-6-12(16)7-5-11/h4-7H,3,8-10H2,1-2H3. The first-order valence-corrected chi connectivity index (χ1v) is 7.52. The topological polar surface area (TPSA) is 75.3 Å². The van der Waals surface area contributed by atoms with Crippen LogP contribution >= 0.6 is 11.6 Å². The van der Waals surface area contributed by atoms with Crippen molar-refractivity contribution in [2.45, 2.75) is 20.0 Å². The van der Waals surface area contributed by atoms with Gasteiger partial charge in [-0.1, -0.05) is 11.6 Å². The van der Waals surface area contributed by atoms with E-state index in [1.54, 1.807) is 38.3 Å². The first-order valence-electron chi connectivity index (χ1n) is 7.15. The van der Waals surface area contributed by atoms with E-state index < -0.39 is 5.97 Å². The Morgan fingerprint density at radius 1 is 1.30 bits per heavy atom. The number of methoxy groups -OCH3 is 1. The SMILES string of the molecule is CCOC(=O)Cn1nc(-c2ccc(Cl)cc2)n(CCOC)c1=O. The summed E-state index contributed by atoms with van der Waals surface area (Å²) in [6.45, 7) is 2.41. The van der Waals surface area contributed by atoms with Crippen molar-refractivity contribution in [2.24, 2.45) is 0 Å². The van der Waals surface area contributed by atoms with Crippen molar-refractivity contribution in [3.05, 3.63) is 39.8 Å². The van der Waals surface area contributed by atoms with E-state index in [2.05, 4.69) is 5.10 Å². The van der Waals surface area contributed by atoms with Crippen LogP contribution < -0.4 is 5.69 Å². The number of hydrogen-bond acceptors (Lipinski definition) is 5. The number of aromatic nitrogens is 3. The number of halogens is 1. The normalized spacial score (nSPS) is 10.7. The molecule has 8 heteroatoms. The molecule has 23 heavy (non-hydrogen) atoms. The highest BCUT2D eigenvalue weighted by Gasteiger charge is 2.17. The number of nitrogens with zero attached hydrogens (tertiary/aromatic N) is 3. The Kier molecular flexibility index (Phi) is 5.95. The Morgan fingerprint density at radius 2 is 2.00 bits per heavy atom. The van der Waals surface area contributed by atoms with Gasteiger partial charge >= 0.3 is 11.7 Å². The molecule has 0 saturated heterocycles. The lowest BCUT2D eigenvalue weighted by molar-refractivity contribution is -0.144. The van der Waals surface area contributed by atoms with Gasteiger partial charge in [0.25, 0.3) is 0 Å². The lowest BCUT2D eigenvalue weighted by Gasteiger charge is -2.04. The molecule has 0 N–H and O–H groups in total. The third-order valence-electron chi connectivity index (χ3n) is 3.13. The Morgan fingerprint density at radius 3 is 2.61 bits per heavy atom. The molecule has 0 bridgehead atoms. The number of esters is 1. The zero-order valence-electron chi connectivity index (χ0n) is 13.0. The summed E-state index contributed by atoms with van der Waals surface area (Å²) in [4.78, 5) is 24.1. The van der Waals surface area contributed by atoms with E-state index in [-0.39, 0.29) is 18.8 Å². The molecule has 0 aliphatic carbocycles. The van der Waals surface area contributed by atoms with Crippen molar-refractivity contribution < 1.29 is 14.3 Å². The van der Waals surface area contributed by atoms with E-state index in [0.717, 1.165) is 10.2 Å². The fraction of sp³-hybridized carbons (Fsp3) is 0.400. The molecule has 2 aromatic rings. The quantitative estimate of drug-likeness (QED) is 0.716. The Labute approximate surface area is 138 Å². The Hall–Kier alpha value is -2.12. The van der Waals surface area contributed by atoms with Crippen molar-refractivity contribution in [3.63, 3.8) is 0 Å². The monoisotopic (exact) mass is 339 g/mol. The summed E-state index contributed by atoms with van der Waals surface area (Å²) in [6.07, 6.45) is 0. The summed E-state index contributed by atoms with van der Waals surface area (Å²) in [5, 5.41) is 4.84. The second-order valence-corrected chi connectivity index (χ2v) is 5.16. The van der Waals surface area contributed by atoms with Crippen LogP contribution in [-0.2, 0) is 27.4 Å². The molecular weight excluding hydrogens is 322 g/mol. The summed E-state index contributed by atoms with van der Waals surface area (Å²) in [5.74, 6) is -0.0540. The number of carbonyl (C=O) groups is 1. The molecule has 0 saturated carbocycles. The second kappa shape index (κ2) is 7.94. The third-order valence-corrected chi connectivity index (χ3v) is 3.38. The molecule has 1 aromatic heterocycles. The largest absolute Gasteiger partial charge is 0.465 e. The van der Waals surface area contributed by atoms with Crippen molar-refractivity contribution in [3.8, 4) is 11.4 Å². The molecule has 0 aliphatic heterocycles. The van der Waals surface area contributed by atoms with Crippen LogP contribution in [0.1, 0.15) is 6.92 Å². The molecule has 2 rings (SSSR count). The molecule has 0 radical (unpaired) electrons. The first-order chi connectivity index (χ1) is 11.1. The predicted molar refractivity (Wildman–Crippen MR) is 85.4 cm³/mol. The predicted octanol–water partition coefficient (Wildman–Crippen LogP) is 1.57. The zero-order chi connectivity index (χ0) is 16.8. The van der Waals surface area contributed by atoms with Crippen molar-refractivity contribution in [2.75, 3.05) is 20.3 Å². The van der Waals surface area contributed by atoms with E-state index in [9.17, 15) is 9.59 Å². The minimum absolute atomic E-state index is 0.229. The Bertz CT molecular complexity index is 721. The average Bonchev–Trinajstić information content (AvgIpc) is 2.83. The summed E-state index contributed by atoms with van der Waals surface area (Å²) in [5.41, 5.74) is 0.338. The van der Waals surface area contributed by atoms with Gasteiger partial charge in [0.1, 0.15) is 6.54 Å². The molecular formula is C15H18ClN3O4. The highest BCUT2D eigenvalue weighted by atomic mass is 35.5. The molecule has 0 atom stereocenters. The van der Waals surface area contributed by atoms with Gasteiger partial charge in [-0.05, 0) is 31.2 Å². The van der Waals surface area contributed by atoms with E-state index in [1.165, 1.54) is 4.57 Å². The zero-order valence-corrected chi connectivity index (χ0v) is 13.7. The van der Waals surface area contributed by atoms with Gasteiger partial charge in [-0.25, -0.2) is 9.48 Å². The maximum Gasteiger partial charge on any atom is 0.346 e. The van der Waals surface area contributed by atoms with Gasteiger partial charge in [0, 0.05) is 17.7 Å². The summed E-state index contributed by atoms with van der Waals surface area (Å²) >= 11 is 5.89. The van der Waals surface area contributed by atoms with Crippen LogP contribution in [0.2, 0.25) is 5.02 Å². The molecule has 0 amide bonds. The van der Waals surface area contributed by atoms with Crippen LogP contribution in [-0.4, -0.2) is 40.6 Å². The highest BCUT2D eigenvalue weighted by Crippen LogP contribution is 2.18.